The number of hydrogen-bond donors (Lipinski definition) is 2. The summed E-state index contributed by atoms with van der Waals surface area (Å²) in [7, 11) is 0. The Labute approximate surface area is 159 Å². The maximum Gasteiger partial charge on any atom is 0.170 e. The van der Waals surface area contributed by atoms with Crippen molar-refractivity contribution in [3.8, 4) is 0 Å². The zero-order chi connectivity index (χ0) is 17.9. The summed E-state index contributed by atoms with van der Waals surface area (Å²) in [6.45, 7) is 7.60. The number of thiocarbonyl (C=S) groups is 1. The highest BCUT2D eigenvalue weighted by atomic mass is 32.1. The van der Waals surface area contributed by atoms with Gasteiger partial charge in [-0.25, -0.2) is 0 Å². The van der Waals surface area contributed by atoms with Crippen molar-refractivity contribution in [3.05, 3.63) is 29.3 Å². The first-order valence-corrected chi connectivity index (χ1v) is 10.5. The Hall–Kier alpha value is -1.09. The third-order valence-corrected chi connectivity index (χ3v) is 5.98. The monoisotopic (exact) mass is 358 g/mol. The van der Waals surface area contributed by atoms with Crippen LogP contribution in [-0.4, -0.2) is 11.7 Å². The van der Waals surface area contributed by atoms with Gasteiger partial charge in [-0.1, -0.05) is 64.7 Å². The lowest BCUT2D eigenvalue weighted by Crippen LogP contribution is -2.35. The second-order valence-corrected chi connectivity index (χ2v) is 9.55. The summed E-state index contributed by atoms with van der Waals surface area (Å²) in [5, 5.41) is 7.83. The van der Waals surface area contributed by atoms with Crippen LogP contribution in [0.25, 0.3) is 0 Å². The maximum atomic E-state index is 5.65. The fourth-order valence-corrected chi connectivity index (χ4v) is 4.56. The van der Waals surface area contributed by atoms with Crippen molar-refractivity contribution in [2.75, 3.05) is 11.9 Å². The van der Waals surface area contributed by atoms with Crippen LogP contribution in [-0.2, 0) is 0 Å². The van der Waals surface area contributed by atoms with Crippen molar-refractivity contribution in [3.63, 3.8) is 0 Å². The first-order valence-electron chi connectivity index (χ1n) is 10.1. The van der Waals surface area contributed by atoms with Gasteiger partial charge in [-0.15, -0.1) is 0 Å². The summed E-state index contributed by atoms with van der Waals surface area (Å²) in [5.41, 5.74) is 4.56. The molecule has 0 unspecified atom stereocenters. The van der Waals surface area contributed by atoms with Gasteiger partial charge in [0, 0.05) is 12.2 Å². The fourth-order valence-electron chi connectivity index (χ4n) is 4.39. The first kappa shape index (κ1) is 18.7. The molecule has 0 atom stereocenters. The van der Waals surface area contributed by atoms with Gasteiger partial charge < -0.3 is 10.6 Å². The highest BCUT2D eigenvalue weighted by molar-refractivity contribution is 7.80. The molecule has 0 bridgehead atoms. The third kappa shape index (κ3) is 4.97. The molecule has 0 radical (unpaired) electrons. The maximum absolute atomic E-state index is 5.65. The standard InChI is InChI=1S/C22H34N2S/c1-22(2,3)15-23-21(25)24-20-18(16-9-4-5-10-16)13-8-14-19(20)17-11-6-7-12-17/h8,13-14,16-17H,4-7,9-12,15H2,1-3H3,(H2,23,24,25). The van der Waals surface area contributed by atoms with E-state index in [2.05, 4.69) is 49.6 Å². The highest BCUT2D eigenvalue weighted by Crippen LogP contribution is 2.44. The Morgan fingerprint density at radius 3 is 1.88 bits per heavy atom. The molecule has 2 aliphatic rings. The van der Waals surface area contributed by atoms with E-state index in [1.807, 2.05) is 0 Å². The zero-order valence-corrected chi connectivity index (χ0v) is 17.0. The van der Waals surface area contributed by atoms with E-state index in [0.717, 1.165) is 11.7 Å². The number of hydrogen-bond acceptors (Lipinski definition) is 1. The lowest BCUT2D eigenvalue weighted by molar-refractivity contribution is 0.409. The molecule has 138 valence electrons. The molecule has 2 nitrogen and oxygen atoms in total. The van der Waals surface area contributed by atoms with E-state index in [9.17, 15) is 0 Å². The number of para-hydroxylation sites is 1. The molecule has 3 rings (SSSR count). The third-order valence-electron chi connectivity index (χ3n) is 5.74. The molecule has 0 aliphatic heterocycles. The van der Waals surface area contributed by atoms with Crippen LogP contribution < -0.4 is 10.6 Å². The largest absolute Gasteiger partial charge is 0.362 e. The highest BCUT2D eigenvalue weighted by Gasteiger charge is 2.26. The van der Waals surface area contributed by atoms with Gasteiger partial charge >= 0.3 is 0 Å². The molecule has 2 N–H and O–H groups in total. The second kappa shape index (κ2) is 8.07. The molecule has 3 heteroatoms. The van der Waals surface area contributed by atoms with Crippen LogP contribution in [0.5, 0.6) is 0 Å². The second-order valence-electron chi connectivity index (χ2n) is 9.14. The van der Waals surface area contributed by atoms with E-state index in [-0.39, 0.29) is 5.41 Å². The number of nitrogens with one attached hydrogen (secondary N) is 2. The molecule has 0 amide bonds. The molecule has 0 aromatic heterocycles. The normalized spacial score (nSPS) is 19.3. The van der Waals surface area contributed by atoms with E-state index in [1.165, 1.54) is 68.2 Å². The lowest BCUT2D eigenvalue weighted by Gasteiger charge is -2.25. The molecule has 2 saturated carbocycles. The summed E-state index contributed by atoms with van der Waals surface area (Å²) in [5.74, 6) is 1.41. The Morgan fingerprint density at radius 1 is 0.960 bits per heavy atom. The fraction of sp³-hybridized carbons (Fsp3) is 0.682. The molecular formula is C22H34N2S. The van der Waals surface area contributed by atoms with E-state index in [1.54, 1.807) is 0 Å². The molecule has 0 heterocycles. The van der Waals surface area contributed by atoms with E-state index in [0.29, 0.717) is 11.8 Å². The molecule has 2 fully saturated rings. The average Bonchev–Trinajstić information content (AvgIpc) is 3.26. The van der Waals surface area contributed by atoms with Gasteiger partial charge in [-0.05, 0) is 66.3 Å². The van der Waals surface area contributed by atoms with Crippen molar-refractivity contribution >= 4 is 23.0 Å². The predicted octanol–water partition coefficient (Wildman–Crippen LogP) is 6.33. The summed E-state index contributed by atoms with van der Waals surface area (Å²) < 4.78 is 0. The Morgan fingerprint density at radius 2 is 1.44 bits per heavy atom. The van der Waals surface area contributed by atoms with Gasteiger partial charge in [0.15, 0.2) is 5.11 Å². The number of benzene rings is 1. The van der Waals surface area contributed by atoms with Crippen LogP contribution >= 0.6 is 12.2 Å². The topological polar surface area (TPSA) is 24.1 Å². The molecule has 0 saturated heterocycles. The Balaban J connectivity index is 1.83. The van der Waals surface area contributed by atoms with Crippen LogP contribution in [0.4, 0.5) is 5.69 Å². The first-order chi connectivity index (χ1) is 11.9. The SMILES string of the molecule is CC(C)(C)CNC(=S)Nc1c(C2CCCC2)cccc1C1CCCC1. The number of rotatable bonds is 4. The summed E-state index contributed by atoms with van der Waals surface area (Å²) in [6, 6.07) is 6.95. The molecule has 2 aliphatic carbocycles. The lowest BCUT2D eigenvalue weighted by atomic mass is 9.88. The van der Waals surface area contributed by atoms with Gasteiger partial charge in [0.25, 0.3) is 0 Å². The van der Waals surface area contributed by atoms with Crippen molar-refractivity contribution in [2.45, 2.75) is 84.0 Å². The van der Waals surface area contributed by atoms with Gasteiger partial charge in [-0.2, -0.15) is 0 Å². The number of anilines is 1. The summed E-state index contributed by atoms with van der Waals surface area (Å²) in [6.07, 6.45) is 10.8. The minimum Gasteiger partial charge on any atom is -0.362 e. The Bertz CT molecular complexity index is 556. The zero-order valence-electron chi connectivity index (χ0n) is 16.2. The van der Waals surface area contributed by atoms with Crippen LogP contribution in [0.15, 0.2) is 18.2 Å². The average molecular weight is 359 g/mol. The molecule has 1 aromatic rings. The van der Waals surface area contributed by atoms with Gasteiger partial charge in [0.1, 0.15) is 0 Å². The quantitative estimate of drug-likeness (QED) is 0.615. The molecular weight excluding hydrogens is 324 g/mol. The summed E-state index contributed by atoms with van der Waals surface area (Å²) in [4.78, 5) is 0. The van der Waals surface area contributed by atoms with Crippen LogP contribution in [0, 0.1) is 5.41 Å². The molecule has 1 aromatic carbocycles. The van der Waals surface area contributed by atoms with Crippen LogP contribution in [0.2, 0.25) is 0 Å². The van der Waals surface area contributed by atoms with E-state index >= 15 is 0 Å². The van der Waals surface area contributed by atoms with E-state index < -0.39 is 0 Å². The van der Waals surface area contributed by atoms with Crippen molar-refractivity contribution in [1.29, 1.82) is 0 Å². The van der Waals surface area contributed by atoms with Gasteiger partial charge in [-0.3, -0.25) is 0 Å². The van der Waals surface area contributed by atoms with Crippen LogP contribution in [0.1, 0.15) is 95.1 Å². The Kier molecular flexibility index (Phi) is 6.04. The van der Waals surface area contributed by atoms with Gasteiger partial charge in [0.05, 0.1) is 0 Å². The van der Waals surface area contributed by atoms with Crippen molar-refractivity contribution in [2.24, 2.45) is 5.41 Å². The predicted molar refractivity (Wildman–Crippen MR) is 113 cm³/mol. The molecule has 25 heavy (non-hydrogen) atoms. The minimum absolute atomic E-state index is 0.227. The molecule has 0 spiro atoms. The summed E-state index contributed by atoms with van der Waals surface area (Å²) >= 11 is 5.65. The smallest absolute Gasteiger partial charge is 0.170 e. The van der Waals surface area contributed by atoms with Crippen LogP contribution in [0.3, 0.4) is 0 Å². The minimum atomic E-state index is 0.227. The van der Waals surface area contributed by atoms with Crippen molar-refractivity contribution < 1.29 is 0 Å². The van der Waals surface area contributed by atoms with Gasteiger partial charge in [0.2, 0.25) is 0 Å². The van der Waals surface area contributed by atoms with Crippen molar-refractivity contribution in [1.82, 2.24) is 5.32 Å². The van der Waals surface area contributed by atoms with E-state index in [4.69, 9.17) is 12.2 Å².